The van der Waals surface area contributed by atoms with Crippen LogP contribution in [0.4, 0.5) is 0 Å². The number of aliphatic carboxylic acids is 2. The highest BCUT2D eigenvalue weighted by Crippen LogP contribution is 2.23. The third kappa shape index (κ3) is 22.4. The number of carbonyl (C=O) groups is 14. The first-order valence-corrected chi connectivity index (χ1v) is 27.7. The summed E-state index contributed by atoms with van der Waals surface area (Å²) in [5.74, 6) is -17.4. The number of carboxylic acids is 2. The summed E-state index contributed by atoms with van der Waals surface area (Å²) in [5.41, 5.74) is 11.0. The number of amides is 12. The van der Waals surface area contributed by atoms with Crippen LogP contribution in [-0.2, 0) is 67.1 Å². The van der Waals surface area contributed by atoms with Crippen LogP contribution in [-0.4, -0.2) is 246 Å². The molecule has 0 aliphatic carbocycles. The Morgan fingerprint density at radius 1 is 0.482 bits per heavy atom. The molecule has 0 aromatic carbocycles. The van der Waals surface area contributed by atoms with E-state index in [1.807, 2.05) is 10.6 Å². The Morgan fingerprint density at radius 3 is 1.28 bits per heavy atom. The molecule has 34 heteroatoms. The molecule has 13 atom stereocenters. The zero-order chi connectivity index (χ0) is 64.7. The minimum absolute atomic E-state index is 0.0206. The molecule has 2 heterocycles. The summed E-state index contributed by atoms with van der Waals surface area (Å²) in [7, 11) is 0. The van der Waals surface area contributed by atoms with E-state index in [1.165, 1.54) is 25.7 Å². The Bertz CT molecular complexity index is 2410. The summed E-state index contributed by atoms with van der Waals surface area (Å²) in [6, 6.07) is -19.2. The van der Waals surface area contributed by atoms with Crippen LogP contribution in [0.1, 0.15) is 99.8 Å². The minimum Gasteiger partial charge on any atom is -0.481 e. The SMILES string of the molecule is CC(C)C[C@H](NC(=O)[C@H](CO)NC(=O)[C@@H](N)[C@@H](C)O)C(=O)N1CCC[C@H]1C(=O)N[C@H](C(=O)N[C@@H](CCC(N)=O)C(=O)N[C@@H](CC(=O)O)C(=O)N[C@@H](CO)C(=O)N[C@@H](CO)C(=O)N[C@@H](CO)C(=O)N[C@H](C(=O)N1CCC[C@H]1C(=O)O)C(C)C)C(C)C. The van der Waals surface area contributed by atoms with E-state index in [9.17, 15) is 103 Å². The van der Waals surface area contributed by atoms with E-state index in [0.29, 0.717) is 12.8 Å². The molecule has 2 aliphatic rings. The number of likely N-dealkylation sites (tertiary alicyclic amines) is 2. The molecule has 0 aromatic rings. The van der Waals surface area contributed by atoms with Crippen molar-refractivity contribution in [2.45, 2.75) is 178 Å². The van der Waals surface area contributed by atoms with Crippen molar-refractivity contribution in [3.63, 3.8) is 0 Å². The molecule has 0 unspecified atom stereocenters. The number of nitrogens with zero attached hydrogens (tertiary/aromatic N) is 2. The molecule has 0 saturated carbocycles. The van der Waals surface area contributed by atoms with Crippen LogP contribution < -0.4 is 59.3 Å². The first-order chi connectivity index (χ1) is 39.7. The van der Waals surface area contributed by atoms with Crippen LogP contribution in [0.15, 0.2) is 0 Å². The van der Waals surface area contributed by atoms with E-state index in [1.54, 1.807) is 27.7 Å². The van der Waals surface area contributed by atoms with Crippen molar-refractivity contribution in [1.29, 1.82) is 0 Å². The fourth-order valence-corrected chi connectivity index (χ4v) is 9.04. The molecule has 0 aromatic heterocycles. The Labute approximate surface area is 489 Å². The van der Waals surface area contributed by atoms with E-state index in [4.69, 9.17) is 11.5 Å². The van der Waals surface area contributed by atoms with Gasteiger partial charge in [0, 0.05) is 19.5 Å². The maximum Gasteiger partial charge on any atom is 0.326 e. The highest BCUT2D eigenvalue weighted by Gasteiger charge is 2.43. The fraction of sp³-hybridized carbons (Fsp3) is 0.725. The van der Waals surface area contributed by atoms with Crippen LogP contribution in [0.5, 0.6) is 0 Å². The van der Waals surface area contributed by atoms with Gasteiger partial charge < -0.3 is 105 Å². The normalized spacial score (nSPS) is 18.8. The van der Waals surface area contributed by atoms with Gasteiger partial charge in [0.2, 0.25) is 70.9 Å². The average Bonchev–Trinajstić information content (AvgIpc) is 4.38. The van der Waals surface area contributed by atoms with Gasteiger partial charge in [0.1, 0.15) is 72.5 Å². The second-order valence-corrected chi connectivity index (χ2v) is 21.8. The Hall–Kier alpha value is -7.66. The second-order valence-electron chi connectivity index (χ2n) is 21.8. The van der Waals surface area contributed by atoms with Crippen LogP contribution in [0.25, 0.3) is 0 Å². The molecule has 0 bridgehead atoms. The third-order valence-corrected chi connectivity index (χ3v) is 13.9. The van der Waals surface area contributed by atoms with E-state index < -0.39 is 219 Å². The first-order valence-electron chi connectivity index (χ1n) is 27.7. The Morgan fingerprint density at radius 2 is 0.871 bits per heavy atom. The molecule has 34 nitrogen and oxygen atoms in total. The van der Waals surface area contributed by atoms with Crippen molar-refractivity contribution in [2.24, 2.45) is 29.2 Å². The maximum absolute atomic E-state index is 14.1. The molecule has 85 heavy (non-hydrogen) atoms. The van der Waals surface area contributed by atoms with Crippen molar-refractivity contribution in [3.8, 4) is 0 Å². The molecule has 480 valence electrons. The number of carbonyl (C=O) groups excluding carboxylic acids is 12. The summed E-state index contributed by atoms with van der Waals surface area (Å²) < 4.78 is 0. The van der Waals surface area contributed by atoms with Crippen molar-refractivity contribution in [2.75, 3.05) is 39.5 Å². The Kier molecular flexibility index (Phi) is 30.2. The van der Waals surface area contributed by atoms with Gasteiger partial charge in [-0.3, -0.25) is 62.3 Å². The van der Waals surface area contributed by atoms with E-state index in [-0.39, 0.29) is 38.3 Å². The highest BCUT2D eigenvalue weighted by atomic mass is 16.4. The summed E-state index contributed by atoms with van der Waals surface area (Å²) in [5, 5.41) is 89.3. The predicted octanol–water partition coefficient (Wildman–Crippen LogP) is -8.81. The van der Waals surface area contributed by atoms with Crippen LogP contribution >= 0.6 is 0 Å². The second kappa shape index (κ2) is 35.0. The quantitative estimate of drug-likeness (QED) is 0.0280. The third-order valence-electron chi connectivity index (χ3n) is 13.9. The van der Waals surface area contributed by atoms with Gasteiger partial charge in [-0.1, -0.05) is 41.5 Å². The summed E-state index contributed by atoms with van der Waals surface area (Å²) in [6.45, 7) is 6.48. The van der Waals surface area contributed by atoms with Gasteiger partial charge in [-0.2, -0.15) is 0 Å². The van der Waals surface area contributed by atoms with Gasteiger partial charge in [0.05, 0.1) is 39.0 Å². The van der Waals surface area contributed by atoms with Crippen molar-refractivity contribution >= 4 is 82.8 Å². The molecular formula is C51H85N13O21. The van der Waals surface area contributed by atoms with Crippen LogP contribution in [0.2, 0.25) is 0 Å². The summed E-state index contributed by atoms with van der Waals surface area (Å²) >= 11 is 0. The van der Waals surface area contributed by atoms with E-state index in [2.05, 4.69) is 37.2 Å². The largest absolute Gasteiger partial charge is 0.481 e. The molecule has 2 rings (SSSR count). The van der Waals surface area contributed by atoms with Crippen molar-refractivity contribution in [1.82, 2.24) is 57.7 Å². The van der Waals surface area contributed by atoms with Crippen molar-refractivity contribution < 1.29 is 103 Å². The number of hydrogen-bond acceptors (Lipinski definition) is 20. The topological polar surface area (TPSA) is 547 Å². The number of aliphatic hydroxyl groups excluding tert-OH is 5. The zero-order valence-corrected chi connectivity index (χ0v) is 48.5. The average molecular weight is 1220 g/mol. The summed E-state index contributed by atoms with van der Waals surface area (Å²) in [4.78, 5) is 187. The van der Waals surface area contributed by atoms with Gasteiger partial charge in [-0.05, 0) is 63.2 Å². The number of nitrogens with one attached hydrogen (secondary N) is 9. The van der Waals surface area contributed by atoms with Crippen LogP contribution in [0, 0.1) is 17.8 Å². The monoisotopic (exact) mass is 1220 g/mol. The first kappa shape index (κ1) is 73.4. The van der Waals surface area contributed by atoms with E-state index in [0.717, 1.165) is 4.90 Å². The lowest BCUT2D eigenvalue weighted by Gasteiger charge is -2.32. The fourth-order valence-electron chi connectivity index (χ4n) is 9.04. The molecule has 2 saturated heterocycles. The maximum atomic E-state index is 14.1. The number of rotatable bonds is 35. The van der Waals surface area contributed by atoms with Gasteiger partial charge in [-0.15, -0.1) is 0 Å². The molecule has 0 spiro atoms. The van der Waals surface area contributed by atoms with Gasteiger partial charge in [-0.25, -0.2) is 4.79 Å². The highest BCUT2D eigenvalue weighted by molar-refractivity contribution is 6.00. The zero-order valence-electron chi connectivity index (χ0n) is 48.5. The van der Waals surface area contributed by atoms with Crippen LogP contribution in [0.3, 0.4) is 0 Å². The summed E-state index contributed by atoms with van der Waals surface area (Å²) in [6.07, 6.45) is -2.70. The molecular weight excluding hydrogens is 1130 g/mol. The molecule has 0 radical (unpaired) electrons. The molecule has 2 aliphatic heterocycles. The van der Waals surface area contributed by atoms with Gasteiger partial charge in [0.15, 0.2) is 0 Å². The Balaban J connectivity index is 2.27. The van der Waals surface area contributed by atoms with Crippen molar-refractivity contribution in [3.05, 3.63) is 0 Å². The smallest absolute Gasteiger partial charge is 0.326 e. The lowest BCUT2D eigenvalue weighted by Crippen LogP contribution is -2.62. The number of primary amides is 1. The number of nitrogens with two attached hydrogens (primary N) is 2. The number of carboxylic acid groups (broad SMARTS) is 2. The molecule has 20 N–H and O–H groups in total. The van der Waals surface area contributed by atoms with Gasteiger partial charge in [0.25, 0.3) is 0 Å². The standard InChI is InChI=1S/C51H85N13O21/c1-22(2)16-28(56-42(75)31(20-67)60-47(80)37(53)25(7)69)49(82)63-14-8-10-33(63)46(79)61-38(23(3)4)48(81)54-26(12-13-35(52)70)40(73)55-27(17-36(71)72)41(74)57-29(18-65)43(76)58-30(19-66)44(77)59-32(21-68)45(78)62-39(24(5)6)50(83)64-15-9-11-34(64)51(84)85/h22-34,37-39,65-69H,8-21,53H2,1-7H3,(H2,52,70)(H,54,81)(H,55,73)(H,56,75)(H,57,74)(H,58,76)(H,59,77)(H,60,80)(H,61,79)(H,62,78)(H,71,72)(H,84,85)/t25-,26+,27+,28+,29+,30+,31+,32+,33+,34+,37+,38+,39+/m1/s1. The lowest BCUT2D eigenvalue weighted by atomic mass is 10.00. The number of hydrogen-bond donors (Lipinski definition) is 18. The lowest BCUT2D eigenvalue weighted by molar-refractivity contribution is -0.150. The minimum atomic E-state index is -2.11. The van der Waals surface area contributed by atoms with E-state index >= 15 is 0 Å². The van der Waals surface area contributed by atoms with Gasteiger partial charge >= 0.3 is 11.9 Å². The number of aliphatic hydroxyl groups is 5. The molecule has 12 amide bonds. The molecule has 2 fully saturated rings. The predicted molar refractivity (Wildman–Crippen MR) is 292 cm³/mol.